The van der Waals surface area contributed by atoms with Crippen LogP contribution in [0.1, 0.15) is 110 Å². The lowest BCUT2D eigenvalue weighted by atomic mass is 9.94. The number of unbranched alkanes of at least 4 members (excludes halogenated alkanes) is 12. The van der Waals surface area contributed by atoms with Crippen LogP contribution in [0, 0.1) is 0 Å². The van der Waals surface area contributed by atoms with Crippen molar-refractivity contribution >= 4 is 5.97 Å². The highest BCUT2D eigenvalue weighted by Gasteiger charge is 2.26. The van der Waals surface area contributed by atoms with Crippen LogP contribution in [0.5, 0.6) is 0 Å². The van der Waals surface area contributed by atoms with Crippen molar-refractivity contribution in [3.8, 4) is 0 Å². The van der Waals surface area contributed by atoms with Crippen LogP contribution in [0.3, 0.4) is 0 Å². The highest BCUT2D eigenvalue weighted by molar-refractivity contribution is 5.68. The quantitative estimate of drug-likeness (QED) is 0.316. The Balaban J connectivity index is 3.34. The van der Waals surface area contributed by atoms with Gasteiger partial charge < -0.3 is 9.84 Å². The largest absolute Gasteiger partial charge is 0.481 e. The Kier molecular flexibility index (Phi) is 14.6. The van der Waals surface area contributed by atoms with Gasteiger partial charge >= 0.3 is 5.97 Å². The lowest BCUT2D eigenvalue weighted by Gasteiger charge is -2.26. The first kappa shape index (κ1) is 22.4. The van der Waals surface area contributed by atoms with Crippen molar-refractivity contribution in [1.82, 2.24) is 0 Å². The van der Waals surface area contributed by atoms with E-state index in [-0.39, 0.29) is 6.42 Å². The van der Waals surface area contributed by atoms with Gasteiger partial charge in [0, 0.05) is 7.11 Å². The third-order valence-corrected chi connectivity index (χ3v) is 4.83. The molecule has 138 valence electrons. The zero-order valence-electron chi connectivity index (χ0n) is 15.9. The lowest BCUT2D eigenvalue weighted by molar-refractivity contribution is -0.143. The van der Waals surface area contributed by atoms with Crippen LogP contribution in [0.2, 0.25) is 0 Å². The Morgan fingerprint density at radius 2 is 1.22 bits per heavy atom. The van der Waals surface area contributed by atoms with Crippen LogP contribution in [-0.2, 0) is 9.53 Å². The van der Waals surface area contributed by atoms with E-state index in [1.54, 1.807) is 7.11 Å². The van der Waals surface area contributed by atoms with Gasteiger partial charge in [0.15, 0.2) is 0 Å². The number of carboxylic acids is 1. The van der Waals surface area contributed by atoms with Gasteiger partial charge in [-0.3, -0.25) is 4.79 Å². The number of ether oxygens (including phenoxy) is 1. The molecule has 0 aliphatic carbocycles. The van der Waals surface area contributed by atoms with E-state index in [0.29, 0.717) is 0 Å². The smallest absolute Gasteiger partial charge is 0.306 e. The highest BCUT2D eigenvalue weighted by atomic mass is 16.5. The molecule has 3 nitrogen and oxygen atoms in total. The summed E-state index contributed by atoms with van der Waals surface area (Å²) in [6, 6.07) is 0. The molecule has 0 aromatic rings. The minimum absolute atomic E-state index is 0.0990. The maximum atomic E-state index is 10.8. The zero-order chi connectivity index (χ0) is 17.4. The fraction of sp³-hybridized carbons (Fsp3) is 0.950. The minimum atomic E-state index is -0.774. The molecule has 3 heteroatoms. The van der Waals surface area contributed by atoms with E-state index >= 15 is 0 Å². The topological polar surface area (TPSA) is 46.5 Å². The van der Waals surface area contributed by atoms with Gasteiger partial charge in [0.25, 0.3) is 0 Å². The predicted octanol–water partition coefficient (Wildman–Crippen LogP) is 6.35. The lowest BCUT2D eigenvalue weighted by Crippen LogP contribution is -2.30. The van der Waals surface area contributed by atoms with Crippen molar-refractivity contribution in [2.24, 2.45) is 0 Å². The Hall–Kier alpha value is -0.570. The van der Waals surface area contributed by atoms with Gasteiger partial charge in [-0.2, -0.15) is 0 Å². The van der Waals surface area contributed by atoms with E-state index in [4.69, 9.17) is 9.84 Å². The summed E-state index contributed by atoms with van der Waals surface area (Å²) >= 11 is 0. The minimum Gasteiger partial charge on any atom is -0.481 e. The van der Waals surface area contributed by atoms with Crippen LogP contribution in [-0.4, -0.2) is 23.8 Å². The van der Waals surface area contributed by atoms with Crippen molar-refractivity contribution in [2.45, 2.75) is 116 Å². The molecule has 0 amide bonds. The normalized spacial score (nSPS) is 13.9. The predicted molar refractivity (Wildman–Crippen MR) is 98.0 cm³/mol. The summed E-state index contributed by atoms with van der Waals surface area (Å²) in [5.41, 5.74) is -0.496. The molecular formula is C20H40O3. The van der Waals surface area contributed by atoms with Gasteiger partial charge in [0.2, 0.25) is 0 Å². The first-order valence-electron chi connectivity index (χ1n) is 9.81. The molecule has 0 aromatic carbocycles. The summed E-state index contributed by atoms with van der Waals surface area (Å²) in [6.07, 6.45) is 18.3. The van der Waals surface area contributed by atoms with Crippen LogP contribution >= 0.6 is 0 Å². The molecule has 0 spiro atoms. The van der Waals surface area contributed by atoms with Crippen LogP contribution < -0.4 is 0 Å². The zero-order valence-corrected chi connectivity index (χ0v) is 15.9. The molecular weight excluding hydrogens is 288 g/mol. The molecule has 1 N–H and O–H groups in total. The highest BCUT2D eigenvalue weighted by Crippen LogP contribution is 2.23. The van der Waals surface area contributed by atoms with E-state index in [2.05, 4.69) is 6.92 Å². The van der Waals surface area contributed by atoms with Crippen molar-refractivity contribution in [3.63, 3.8) is 0 Å². The SMILES string of the molecule is CCCCCCCCCCCCCCCC(C)(CC(=O)O)OC. The van der Waals surface area contributed by atoms with Gasteiger partial charge in [-0.1, -0.05) is 90.4 Å². The standard InChI is InChI=1S/C20H40O3/c1-4-5-6-7-8-9-10-11-12-13-14-15-16-17-20(2,23-3)18-19(21)22/h4-18H2,1-3H3,(H,21,22). The van der Waals surface area contributed by atoms with E-state index in [9.17, 15) is 4.79 Å². The third kappa shape index (κ3) is 14.7. The molecule has 1 atom stereocenters. The molecule has 0 saturated carbocycles. The molecule has 0 bridgehead atoms. The summed E-state index contributed by atoms with van der Waals surface area (Å²) in [5.74, 6) is -0.774. The molecule has 0 fully saturated rings. The molecule has 0 aromatic heterocycles. The monoisotopic (exact) mass is 328 g/mol. The number of methoxy groups -OCH3 is 1. The van der Waals surface area contributed by atoms with E-state index in [1.165, 1.54) is 77.0 Å². The number of aliphatic carboxylic acids is 1. The third-order valence-electron chi connectivity index (χ3n) is 4.83. The molecule has 0 aliphatic rings. The summed E-state index contributed by atoms with van der Waals surface area (Å²) < 4.78 is 5.37. The van der Waals surface area contributed by atoms with Gasteiger partial charge in [-0.15, -0.1) is 0 Å². The number of carboxylic acid groups (broad SMARTS) is 1. The van der Waals surface area contributed by atoms with Crippen LogP contribution in [0.25, 0.3) is 0 Å². The van der Waals surface area contributed by atoms with Crippen LogP contribution in [0.15, 0.2) is 0 Å². The average molecular weight is 329 g/mol. The molecule has 0 heterocycles. The summed E-state index contributed by atoms with van der Waals surface area (Å²) in [4.78, 5) is 10.8. The van der Waals surface area contributed by atoms with Gasteiger partial charge in [0.1, 0.15) is 0 Å². The summed E-state index contributed by atoms with van der Waals surface area (Å²) in [6.45, 7) is 4.17. The number of hydrogen-bond donors (Lipinski definition) is 1. The molecule has 23 heavy (non-hydrogen) atoms. The summed E-state index contributed by atoms with van der Waals surface area (Å²) in [5, 5.41) is 8.90. The van der Waals surface area contributed by atoms with Crippen molar-refractivity contribution < 1.29 is 14.6 Å². The maximum absolute atomic E-state index is 10.8. The van der Waals surface area contributed by atoms with Crippen LogP contribution in [0.4, 0.5) is 0 Å². The number of hydrogen-bond acceptors (Lipinski definition) is 2. The Bertz CT molecular complexity index is 278. The van der Waals surface area contributed by atoms with E-state index in [0.717, 1.165) is 12.8 Å². The molecule has 0 rings (SSSR count). The van der Waals surface area contributed by atoms with Gasteiger partial charge in [-0.25, -0.2) is 0 Å². The van der Waals surface area contributed by atoms with E-state index in [1.807, 2.05) is 6.92 Å². The molecule has 0 aliphatic heterocycles. The Labute approximate surface area is 144 Å². The molecule has 1 unspecified atom stereocenters. The second-order valence-corrected chi connectivity index (χ2v) is 7.22. The number of rotatable bonds is 17. The fourth-order valence-corrected chi connectivity index (χ4v) is 3.10. The molecule has 0 radical (unpaired) electrons. The fourth-order valence-electron chi connectivity index (χ4n) is 3.10. The maximum Gasteiger partial charge on any atom is 0.306 e. The van der Waals surface area contributed by atoms with Gasteiger partial charge in [0.05, 0.1) is 12.0 Å². The van der Waals surface area contributed by atoms with E-state index < -0.39 is 11.6 Å². The van der Waals surface area contributed by atoms with Crippen molar-refractivity contribution in [3.05, 3.63) is 0 Å². The number of carbonyl (C=O) groups is 1. The Morgan fingerprint density at radius 3 is 1.57 bits per heavy atom. The first-order chi connectivity index (χ1) is 11.0. The second kappa shape index (κ2) is 15.0. The average Bonchev–Trinajstić information content (AvgIpc) is 2.51. The second-order valence-electron chi connectivity index (χ2n) is 7.22. The molecule has 0 saturated heterocycles. The first-order valence-corrected chi connectivity index (χ1v) is 9.81. The summed E-state index contributed by atoms with van der Waals surface area (Å²) in [7, 11) is 1.62. The van der Waals surface area contributed by atoms with Crippen molar-refractivity contribution in [2.75, 3.05) is 7.11 Å². The van der Waals surface area contributed by atoms with Gasteiger partial charge in [-0.05, 0) is 13.3 Å². The Morgan fingerprint density at radius 1 is 0.826 bits per heavy atom. The van der Waals surface area contributed by atoms with Crippen molar-refractivity contribution in [1.29, 1.82) is 0 Å².